The van der Waals surface area contributed by atoms with Gasteiger partial charge in [0.2, 0.25) is 5.91 Å². The number of fused-ring (bicyclic) bond motifs is 1. The van der Waals surface area contributed by atoms with Crippen molar-refractivity contribution in [2.24, 2.45) is 0 Å². The smallest absolute Gasteiger partial charge is 0.325 e. The average Bonchev–Trinajstić information content (AvgIpc) is 3.41. The number of thioether (sulfide) groups is 1. The normalized spacial score (nSPS) is 12.6. The van der Waals surface area contributed by atoms with Crippen LogP contribution in [-0.4, -0.2) is 27.0 Å². The van der Waals surface area contributed by atoms with Crippen molar-refractivity contribution in [3.63, 3.8) is 0 Å². The van der Waals surface area contributed by atoms with E-state index in [4.69, 9.17) is 0 Å². The minimum absolute atomic E-state index is 0.0525. The molecule has 3 aromatic rings. The molecule has 30 heavy (non-hydrogen) atoms. The lowest BCUT2D eigenvalue weighted by Gasteiger charge is -2.13. The van der Waals surface area contributed by atoms with Crippen molar-refractivity contribution < 1.29 is 9.59 Å². The lowest BCUT2D eigenvalue weighted by molar-refractivity contribution is -0.113. The molecule has 1 aliphatic rings. The number of aromatic nitrogens is 2. The summed E-state index contributed by atoms with van der Waals surface area (Å²) in [7, 11) is 0. The third-order valence-electron chi connectivity index (χ3n) is 4.99. The SMILES string of the molecule is CC(=O)c1cccc(NC(=O)CSc2nc(=O)n(Cc3cccs3)c3c2CCC3)c1. The summed E-state index contributed by atoms with van der Waals surface area (Å²) in [6, 6.07) is 10.9. The number of hydrogen-bond acceptors (Lipinski definition) is 6. The topological polar surface area (TPSA) is 81.1 Å². The van der Waals surface area contributed by atoms with Crippen LogP contribution in [0.1, 0.15) is 39.8 Å². The monoisotopic (exact) mass is 439 g/mol. The molecule has 0 aliphatic heterocycles. The Morgan fingerprint density at radius 2 is 2.10 bits per heavy atom. The van der Waals surface area contributed by atoms with E-state index in [0.717, 1.165) is 35.4 Å². The Kier molecular flexibility index (Phi) is 6.15. The van der Waals surface area contributed by atoms with Crippen LogP contribution in [0.25, 0.3) is 0 Å². The molecule has 0 atom stereocenters. The summed E-state index contributed by atoms with van der Waals surface area (Å²) < 4.78 is 1.77. The number of benzene rings is 1. The van der Waals surface area contributed by atoms with Crippen LogP contribution in [0.3, 0.4) is 0 Å². The second-order valence-electron chi connectivity index (χ2n) is 7.12. The van der Waals surface area contributed by atoms with Gasteiger partial charge in [-0.2, -0.15) is 4.98 Å². The Labute approximate surface area is 182 Å². The van der Waals surface area contributed by atoms with E-state index >= 15 is 0 Å². The number of carbonyl (C=O) groups excluding carboxylic acids is 2. The molecule has 0 spiro atoms. The van der Waals surface area contributed by atoms with E-state index < -0.39 is 0 Å². The molecule has 4 rings (SSSR count). The van der Waals surface area contributed by atoms with Gasteiger partial charge >= 0.3 is 5.69 Å². The van der Waals surface area contributed by atoms with Crippen molar-refractivity contribution in [2.45, 2.75) is 37.8 Å². The zero-order valence-corrected chi connectivity index (χ0v) is 18.1. The van der Waals surface area contributed by atoms with Crippen LogP contribution in [-0.2, 0) is 24.2 Å². The summed E-state index contributed by atoms with van der Waals surface area (Å²) in [5, 5.41) is 5.47. The highest BCUT2D eigenvalue weighted by atomic mass is 32.2. The number of nitrogens with one attached hydrogen (secondary N) is 1. The van der Waals surface area contributed by atoms with E-state index in [-0.39, 0.29) is 23.1 Å². The highest BCUT2D eigenvalue weighted by Gasteiger charge is 2.22. The molecule has 1 amide bonds. The Bertz CT molecular complexity index is 1150. The van der Waals surface area contributed by atoms with Crippen molar-refractivity contribution in [1.29, 1.82) is 0 Å². The molecular formula is C22H21N3O3S2. The van der Waals surface area contributed by atoms with Crippen molar-refractivity contribution in [3.8, 4) is 0 Å². The van der Waals surface area contributed by atoms with E-state index in [1.807, 2.05) is 17.5 Å². The van der Waals surface area contributed by atoms with Gasteiger partial charge in [0.05, 0.1) is 12.3 Å². The van der Waals surface area contributed by atoms with Crippen molar-refractivity contribution in [1.82, 2.24) is 9.55 Å². The van der Waals surface area contributed by atoms with Gasteiger partial charge in [0.25, 0.3) is 0 Å². The molecule has 8 heteroatoms. The zero-order valence-electron chi connectivity index (χ0n) is 16.5. The summed E-state index contributed by atoms with van der Waals surface area (Å²) >= 11 is 2.92. The summed E-state index contributed by atoms with van der Waals surface area (Å²) in [5.74, 6) is -0.0988. The first-order valence-electron chi connectivity index (χ1n) is 9.70. The maximum absolute atomic E-state index is 12.7. The standard InChI is InChI=1S/C22H21N3O3S2/c1-14(26)15-5-2-6-16(11-15)23-20(27)13-30-21-18-8-3-9-19(18)25(22(28)24-21)12-17-7-4-10-29-17/h2,4-7,10-11H,3,8-9,12-13H2,1H3,(H,23,27). The number of rotatable bonds is 7. The fraction of sp³-hybridized carbons (Fsp3) is 0.273. The first kappa shape index (κ1) is 20.6. The number of hydrogen-bond donors (Lipinski definition) is 1. The molecule has 1 aromatic carbocycles. The average molecular weight is 440 g/mol. The van der Waals surface area contributed by atoms with Crippen LogP contribution in [0.4, 0.5) is 5.69 Å². The zero-order chi connectivity index (χ0) is 21.1. The highest BCUT2D eigenvalue weighted by Crippen LogP contribution is 2.30. The molecular weight excluding hydrogens is 418 g/mol. The van der Waals surface area contributed by atoms with Gasteiger partial charge in [-0.05, 0) is 49.8 Å². The number of ketones is 1. The molecule has 1 aliphatic carbocycles. The van der Waals surface area contributed by atoms with E-state index in [2.05, 4.69) is 10.3 Å². The third kappa shape index (κ3) is 4.55. The maximum atomic E-state index is 12.7. The van der Waals surface area contributed by atoms with Gasteiger partial charge in [0.15, 0.2) is 5.78 Å². The maximum Gasteiger partial charge on any atom is 0.349 e. The number of carbonyl (C=O) groups is 2. The van der Waals surface area contributed by atoms with Gasteiger partial charge in [0.1, 0.15) is 5.03 Å². The minimum Gasteiger partial charge on any atom is -0.325 e. The van der Waals surface area contributed by atoms with E-state index in [1.54, 1.807) is 40.2 Å². The Balaban J connectivity index is 1.47. The van der Waals surface area contributed by atoms with Crippen molar-refractivity contribution in [3.05, 3.63) is 74.0 Å². The Morgan fingerprint density at radius 3 is 2.87 bits per heavy atom. The fourth-order valence-corrected chi connectivity index (χ4v) is 5.14. The predicted molar refractivity (Wildman–Crippen MR) is 120 cm³/mol. The number of nitrogens with zero attached hydrogens (tertiary/aromatic N) is 2. The van der Waals surface area contributed by atoms with Gasteiger partial charge in [-0.1, -0.05) is 30.0 Å². The molecule has 154 valence electrons. The second-order valence-corrected chi connectivity index (χ2v) is 9.11. The van der Waals surface area contributed by atoms with Gasteiger partial charge in [-0.25, -0.2) is 4.79 Å². The molecule has 0 bridgehead atoms. The molecule has 0 saturated carbocycles. The van der Waals surface area contributed by atoms with Crippen LogP contribution in [0.15, 0.2) is 51.6 Å². The van der Waals surface area contributed by atoms with Gasteiger partial charge in [0, 0.05) is 27.4 Å². The summed E-state index contributed by atoms with van der Waals surface area (Å²) in [6.45, 7) is 2.04. The molecule has 1 N–H and O–H groups in total. The summed E-state index contributed by atoms with van der Waals surface area (Å²) in [4.78, 5) is 42.0. The van der Waals surface area contributed by atoms with Gasteiger partial charge < -0.3 is 5.32 Å². The molecule has 2 heterocycles. The van der Waals surface area contributed by atoms with E-state index in [1.165, 1.54) is 18.7 Å². The van der Waals surface area contributed by atoms with Crippen LogP contribution in [0.5, 0.6) is 0 Å². The highest BCUT2D eigenvalue weighted by molar-refractivity contribution is 8.00. The Hall–Kier alpha value is -2.71. The largest absolute Gasteiger partial charge is 0.349 e. The summed E-state index contributed by atoms with van der Waals surface area (Å²) in [6.07, 6.45) is 2.72. The van der Waals surface area contributed by atoms with Crippen molar-refractivity contribution in [2.75, 3.05) is 11.1 Å². The molecule has 0 unspecified atom stereocenters. The molecule has 2 aromatic heterocycles. The number of anilines is 1. The molecule has 0 fully saturated rings. The van der Waals surface area contributed by atoms with Crippen LogP contribution < -0.4 is 11.0 Å². The number of amides is 1. The van der Waals surface area contributed by atoms with Crippen LogP contribution in [0.2, 0.25) is 0 Å². The first-order valence-corrected chi connectivity index (χ1v) is 11.6. The van der Waals surface area contributed by atoms with Crippen molar-refractivity contribution >= 4 is 40.5 Å². The number of thiophene rings is 1. The number of Topliss-reactive ketones (excluding diaryl/α,β-unsaturated/α-hetero) is 1. The van der Waals surface area contributed by atoms with Crippen LogP contribution in [0, 0.1) is 0 Å². The van der Waals surface area contributed by atoms with E-state index in [0.29, 0.717) is 22.8 Å². The van der Waals surface area contributed by atoms with E-state index in [9.17, 15) is 14.4 Å². The molecule has 0 radical (unpaired) electrons. The van der Waals surface area contributed by atoms with Gasteiger partial charge in [-0.3, -0.25) is 14.2 Å². The third-order valence-corrected chi connectivity index (χ3v) is 6.87. The molecule has 0 saturated heterocycles. The summed E-state index contributed by atoms with van der Waals surface area (Å²) in [5.41, 5.74) is 3.00. The van der Waals surface area contributed by atoms with Crippen LogP contribution >= 0.6 is 23.1 Å². The lowest BCUT2D eigenvalue weighted by atomic mass is 10.1. The quantitative estimate of drug-likeness (QED) is 0.344. The lowest BCUT2D eigenvalue weighted by Crippen LogP contribution is -2.27. The minimum atomic E-state index is -0.263. The molecule has 6 nitrogen and oxygen atoms in total. The predicted octanol–water partition coefficient (Wildman–Crippen LogP) is 3.78. The first-order chi connectivity index (χ1) is 14.5. The second kappa shape index (κ2) is 8.97. The fourth-order valence-electron chi connectivity index (χ4n) is 3.57. The van der Waals surface area contributed by atoms with Gasteiger partial charge in [-0.15, -0.1) is 11.3 Å². The Morgan fingerprint density at radius 1 is 1.23 bits per heavy atom.